The fraction of sp³-hybridized carbons (Fsp3) is 0.389. The number of nitrogens with zero attached hydrogens (tertiary/aromatic N) is 2. The Kier molecular flexibility index (Phi) is 6.06. The van der Waals surface area contributed by atoms with Crippen LogP contribution in [0.5, 0.6) is 0 Å². The van der Waals surface area contributed by atoms with Crippen LogP contribution in [-0.4, -0.2) is 37.9 Å². The molecule has 0 saturated carbocycles. The molecule has 2 heterocycles. The van der Waals surface area contributed by atoms with Gasteiger partial charge in [0.15, 0.2) is 0 Å². The molecule has 1 aromatic carbocycles. The van der Waals surface area contributed by atoms with Crippen molar-refractivity contribution in [3.8, 4) is 0 Å². The molecule has 0 aliphatic carbocycles. The summed E-state index contributed by atoms with van der Waals surface area (Å²) in [6.45, 7) is 3.21. The summed E-state index contributed by atoms with van der Waals surface area (Å²) in [6.07, 6.45) is 4.88. The Balaban J connectivity index is 1.47. The number of nitrogens with one attached hydrogen (secondary N) is 1. The van der Waals surface area contributed by atoms with E-state index in [1.165, 1.54) is 6.20 Å². The van der Waals surface area contributed by atoms with Crippen molar-refractivity contribution < 1.29 is 8.42 Å². The van der Waals surface area contributed by atoms with Gasteiger partial charge in [-0.3, -0.25) is 9.88 Å². The lowest BCUT2D eigenvalue weighted by molar-refractivity contribution is 0.178. The number of piperidine rings is 1. The summed E-state index contributed by atoms with van der Waals surface area (Å²) in [5.41, 5.74) is 1.14. The van der Waals surface area contributed by atoms with E-state index in [1.54, 1.807) is 18.3 Å². The molecule has 1 saturated heterocycles. The lowest BCUT2D eigenvalue weighted by atomic mass is 9.97. The van der Waals surface area contributed by atoms with E-state index in [9.17, 15) is 8.42 Å². The van der Waals surface area contributed by atoms with Crippen LogP contribution in [0.2, 0.25) is 5.02 Å². The molecule has 0 unspecified atom stereocenters. The lowest BCUT2D eigenvalue weighted by Crippen LogP contribution is -2.38. The van der Waals surface area contributed by atoms with Gasteiger partial charge in [-0.2, -0.15) is 0 Å². The number of hydrogen-bond donors (Lipinski definition) is 1. The zero-order valence-electron chi connectivity index (χ0n) is 13.9. The number of benzene rings is 1. The second-order valence-electron chi connectivity index (χ2n) is 6.35. The number of halogens is 1. The Morgan fingerprint density at radius 2 is 1.92 bits per heavy atom. The number of pyridine rings is 1. The second kappa shape index (κ2) is 8.27. The minimum absolute atomic E-state index is 0.214. The van der Waals surface area contributed by atoms with Crippen LogP contribution in [0.4, 0.5) is 0 Å². The van der Waals surface area contributed by atoms with Crippen molar-refractivity contribution in [2.24, 2.45) is 5.92 Å². The summed E-state index contributed by atoms with van der Waals surface area (Å²) in [5.74, 6) is 0.356. The Hall–Kier alpha value is -1.47. The molecule has 0 spiro atoms. The van der Waals surface area contributed by atoms with Crippen LogP contribution in [-0.2, 0) is 16.6 Å². The molecular formula is C18H22ClN3O2S. The Morgan fingerprint density at radius 1 is 1.16 bits per heavy atom. The lowest BCUT2D eigenvalue weighted by Gasteiger charge is -2.32. The SMILES string of the molecule is O=S(=O)(NCC1CCN(Cc2ccccc2Cl)CC1)c1cccnc1. The van der Waals surface area contributed by atoms with Crippen molar-refractivity contribution in [1.82, 2.24) is 14.6 Å². The van der Waals surface area contributed by atoms with E-state index in [-0.39, 0.29) is 4.90 Å². The van der Waals surface area contributed by atoms with Crippen LogP contribution in [0.3, 0.4) is 0 Å². The Labute approximate surface area is 154 Å². The minimum atomic E-state index is -3.47. The average molecular weight is 380 g/mol. The van der Waals surface area contributed by atoms with Gasteiger partial charge in [0.25, 0.3) is 0 Å². The summed E-state index contributed by atoms with van der Waals surface area (Å²) in [6, 6.07) is 11.1. The van der Waals surface area contributed by atoms with Crippen LogP contribution in [0.1, 0.15) is 18.4 Å². The van der Waals surface area contributed by atoms with Gasteiger partial charge >= 0.3 is 0 Å². The molecule has 5 nitrogen and oxygen atoms in total. The molecule has 1 aliphatic heterocycles. The third-order valence-corrected chi connectivity index (χ3v) is 6.34. The summed E-state index contributed by atoms with van der Waals surface area (Å²) in [4.78, 5) is 6.45. The van der Waals surface area contributed by atoms with Crippen LogP contribution < -0.4 is 4.72 Å². The molecule has 0 amide bonds. The molecule has 1 fully saturated rings. The normalized spacial score (nSPS) is 16.8. The third-order valence-electron chi connectivity index (χ3n) is 4.57. The predicted octanol–water partition coefficient (Wildman–Crippen LogP) is 2.93. The molecule has 7 heteroatoms. The van der Waals surface area contributed by atoms with Crippen molar-refractivity contribution in [2.45, 2.75) is 24.3 Å². The van der Waals surface area contributed by atoms with E-state index in [1.807, 2.05) is 18.2 Å². The summed E-state index contributed by atoms with van der Waals surface area (Å²) >= 11 is 6.22. The molecule has 0 atom stereocenters. The van der Waals surface area contributed by atoms with Crippen LogP contribution >= 0.6 is 11.6 Å². The van der Waals surface area contributed by atoms with E-state index in [0.717, 1.165) is 43.1 Å². The fourth-order valence-corrected chi connectivity index (χ4v) is 4.31. The van der Waals surface area contributed by atoms with E-state index < -0.39 is 10.0 Å². The van der Waals surface area contributed by atoms with Crippen molar-refractivity contribution in [1.29, 1.82) is 0 Å². The number of aromatic nitrogens is 1. The first-order chi connectivity index (χ1) is 12.0. The first-order valence-electron chi connectivity index (χ1n) is 8.40. The maximum atomic E-state index is 12.2. The van der Waals surface area contributed by atoms with Crippen molar-refractivity contribution in [2.75, 3.05) is 19.6 Å². The zero-order chi connectivity index (χ0) is 17.7. The van der Waals surface area contributed by atoms with E-state index in [0.29, 0.717) is 12.5 Å². The van der Waals surface area contributed by atoms with Gasteiger partial charge < -0.3 is 0 Å². The molecular weight excluding hydrogens is 358 g/mol. The number of sulfonamides is 1. The topological polar surface area (TPSA) is 62.3 Å². The van der Waals surface area contributed by atoms with E-state index >= 15 is 0 Å². The van der Waals surface area contributed by atoms with Crippen molar-refractivity contribution >= 4 is 21.6 Å². The van der Waals surface area contributed by atoms with Gasteiger partial charge in [0.2, 0.25) is 10.0 Å². The second-order valence-corrected chi connectivity index (χ2v) is 8.53. The molecule has 1 N–H and O–H groups in total. The Bertz CT molecular complexity index is 791. The maximum absolute atomic E-state index is 12.2. The summed E-state index contributed by atoms with van der Waals surface area (Å²) in [5, 5.41) is 0.800. The largest absolute Gasteiger partial charge is 0.299 e. The van der Waals surface area contributed by atoms with Crippen LogP contribution in [0.15, 0.2) is 53.7 Å². The highest BCUT2D eigenvalue weighted by molar-refractivity contribution is 7.89. The van der Waals surface area contributed by atoms with Gasteiger partial charge in [0.1, 0.15) is 4.90 Å². The van der Waals surface area contributed by atoms with Crippen molar-refractivity contribution in [3.05, 3.63) is 59.4 Å². The summed E-state index contributed by atoms with van der Waals surface area (Å²) < 4.78 is 27.2. The first-order valence-corrected chi connectivity index (χ1v) is 10.3. The molecule has 1 aromatic heterocycles. The highest BCUT2D eigenvalue weighted by Crippen LogP contribution is 2.22. The number of hydrogen-bond acceptors (Lipinski definition) is 4. The Morgan fingerprint density at radius 3 is 2.60 bits per heavy atom. The van der Waals surface area contributed by atoms with Crippen LogP contribution in [0, 0.1) is 5.92 Å². The molecule has 1 aliphatic rings. The van der Waals surface area contributed by atoms with Crippen LogP contribution in [0.25, 0.3) is 0 Å². The van der Waals surface area contributed by atoms with Gasteiger partial charge in [-0.05, 0) is 55.6 Å². The fourth-order valence-electron chi connectivity index (χ4n) is 3.03. The number of likely N-dealkylation sites (tertiary alicyclic amines) is 1. The maximum Gasteiger partial charge on any atom is 0.242 e. The number of rotatable bonds is 6. The van der Waals surface area contributed by atoms with Crippen molar-refractivity contribution in [3.63, 3.8) is 0 Å². The van der Waals surface area contributed by atoms with Gasteiger partial charge in [-0.1, -0.05) is 29.8 Å². The summed E-state index contributed by atoms with van der Waals surface area (Å²) in [7, 11) is -3.47. The molecule has 0 radical (unpaired) electrons. The smallest absolute Gasteiger partial charge is 0.242 e. The quantitative estimate of drug-likeness (QED) is 0.838. The van der Waals surface area contributed by atoms with Gasteiger partial charge in [0.05, 0.1) is 0 Å². The third kappa shape index (κ3) is 5.01. The molecule has 2 aromatic rings. The van der Waals surface area contributed by atoms with E-state index in [4.69, 9.17) is 11.6 Å². The van der Waals surface area contributed by atoms with Gasteiger partial charge in [0, 0.05) is 30.5 Å². The highest BCUT2D eigenvalue weighted by Gasteiger charge is 2.22. The zero-order valence-corrected chi connectivity index (χ0v) is 15.5. The average Bonchev–Trinajstić information content (AvgIpc) is 2.64. The molecule has 0 bridgehead atoms. The van der Waals surface area contributed by atoms with Gasteiger partial charge in [-0.15, -0.1) is 0 Å². The monoisotopic (exact) mass is 379 g/mol. The molecule has 134 valence electrons. The highest BCUT2D eigenvalue weighted by atomic mass is 35.5. The molecule has 25 heavy (non-hydrogen) atoms. The molecule has 3 rings (SSSR count). The van der Waals surface area contributed by atoms with Gasteiger partial charge in [-0.25, -0.2) is 13.1 Å². The minimum Gasteiger partial charge on any atom is -0.299 e. The first kappa shape index (κ1) is 18.3. The standard InChI is InChI=1S/C18H22ClN3O2S/c19-18-6-2-1-4-16(18)14-22-10-7-15(8-11-22)12-21-25(23,24)17-5-3-9-20-13-17/h1-6,9,13,15,21H,7-8,10-12,14H2. The predicted molar refractivity (Wildman–Crippen MR) is 98.9 cm³/mol. The van der Waals surface area contributed by atoms with E-state index in [2.05, 4.69) is 20.7 Å².